The third kappa shape index (κ3) is 1.35. The van der Waals surface area contributed by atoms with Crippen molar-refractivity contribution in [2.45, 2.75) is 20.0 Å². The van der Waals surface area contributed by atoms with Crippen LogP contribution in [-0.2, 0) is 9.53 Å². The van der Waals surface area contributed by atoms with E-state index in [0.717, 1.165) is 0 Å². The van der Waals surface area contributed by atoms with E-state index in [1.54, 1.807) is 19.3 Å². The molecule has 0 saturated carbocycles. The van der Waals surface area contributed by atoms with Gasteiger partial charge in [0, 0.05) is 5.57 Å². The van der Waals surface area contributed by atoms with Crippen molar-refractivity contribution < 1.29 is 13.9 Å². The normalized spacial score (nSPS) is 27.0. The van der Waals surface area contributed by atoms with Crippen molar-refractivity contribution in [3.05, 3.63) is 36.0 Å². The standard InChI is InChI=1S/C11H12O3/c1-7-6-14-11(8(2)10(7)12)9-4-3-5-13-9/h3-6,8,11H,1-2H3/t8-,11+/m0/s1. The number of carbonyl (C=O) groups is 1. The zero-order chi connectivity index (χ0) is 10.1. The van der Waals surface area contributed by atoms with E-state index in [1.807, 2.05) is 13.0 Å². The van der Waals surface area contributed by atoms with Crippen LogP contribution < -0.4 is 0 Å². The van der Waals surface area contributed by atoms with Crippen molar-refractivity contribution in [3.63, 3.8) is 0 Å². The van der Waals surface area contributed by atoms with E-state index in [-0.39, 0.29) is 17.8 Å². The molecule has 2 heterocycles. The second-order valence-corrected chi connectivity index (χ2v) is 3.53. The largest absolute Gasteiger partial charge is 0.489 e. The van der Waals surface area contributed by atoms with Gasteiger partial charge in [0.25, 0.3) is 0 Å². The Morgan fingerprint density at radius 3 is 2.86 bits per heavy atom. The Balaban J connectivity index is 2.28. The maximum atomic E-state index is 11.6. The molecule has 14 heavy (non-hydrogen) atoms. The quantitative estimate of drug-likeness (QED) is 0.686. The van der Waals surface area contributed by atoms with Gasteiger partial charge in [0.05, 0.1) is 18.4 Å². The first-order valence-electron chi connectivity index (χ1n) is 4.60. The maximum absolute atomic E-state index is 11.6. The van der Waals surface area contributed by atoms with Gasteiger partial charge in [-0.15, -0.1) is 0 Å². The molecular formula is C11H12O3. The maximum Gasteiger partial charge on any atom is 0.168 e. The molecule has 0 amide bonds. The third-order valence-corrected chi connectivity index (χ3v) is 2.47. The Hall–Kier alpha value is -1.51. The van der Waals surface area contributed by atoms with Crippen LogP contribution in [0.1, 0.15) is 25.7 Å². The van der Waals surface area contributed by atoms with Crippen LogP contribution in [0.3, 0.4) is 0 Å². The molecule has 2 atom stereocenters. The van der Waals surface area contributed by atoms with Gasteiger partial charge in [-0.2, -0.15) is 0 Å². The average molecular weight is 192 g/mol. The fraction of sp³-hybridized carbons (Fsp3) is 0.364. The molecule has 1 aromatic heterocycles. The minimum atomic E-state index is -0.277. The lowest BCUT2D eigenvalue weighted by atomic mass is 9.92. The van der Waals surface area contributed by atoms with Gasteiger partial charge >= 0.3 is 0 Å². The van der Waals surface area contributed by atoms with Crippen LogP contribution in [0.5, 0.6) is 0 Å². The molecule has 0 N–H and O–H groups in total. The summed E-state index contributed by atoms with van der Waals surface area (Å²) < 4.78 is 10.7. The highest BCUT2D eigenvalue weighted by Gasteiger charge is 2.32. The molecule has 0 saturated heterocycles. The number of Topliss-reactive ketones (excluding diaryl/α,β-unsaturated/α-hetero) is 1. The predicted octanol–water partition coefficient (Wildman–Crippen LogP) is 2.46. The zero-order valence-electron chi connectivity index (χ0n) is 8.19. The summed E-state index contributed by atoms with van der Waals surface area (Å²) in [6, 6.07) is 3.62. The second-order valence-electron chi connectivity index (χ2n) is 3.53. The van der Waals surface area contributed by atoms with Crippen LogP contribution in [0.2, 0.25) is 0 Å². The number of furan rings is 1. The van der Waals surface area contributed by atoms with Crippen molar-refractivity contribution in [1.82, 2.24) is 0 Å². The highest BCUT2D eigenvalue weighted by Crippen LogP contribution is 2.32. The number of hydrogen-bond donors (Lipinski definition) is 0. The van der Waals surface area contributed by atoms with Gasteiger partial charge < -0.3 is 9.15 Å². The monoisotopic (exact) mass is 192 g/mol. The summed E-state index contributed by atoms with van der Waals surface area (Å²) in [6.45, 7) is 3.61. The molecule has 0 aliphatic carbocycles. The van der Waals surface area contributed by atoms with E-state index in [0.29, 0.717) is 11.3 Å². The van der Waals surface area contributed by atoms with E-state index >= 15 is 0 Å². The molecule has 1 aromatic rings. The Labute approximate surface area is 82.4 Å². The molecule has 1 aliphatic heterocycles. The van der Waals surface area contributed by atoms with Gasteiger partial charge in [0.15, 0.2) is 11.9 Å². The van der Waals surface area contributed by atoms with Gasteiger partial charge in [0.1, 0.15) is 5.76 Å². The SMILES string of the molecule is CC1=CO[C@@H](c2ccco2)[C@@H](C)C1=O. The first-order valence-corrected chi connectivity index (χ1v) is 4.60. The van der Waals surface area contributed by atoms with Gasteiger partial charge in [-0.3, -0.25) is 4.79 Å². The molecule has 0 radical (unpaired) electrons. The summed E-state index contributed by atoms with van der Waals surface area (Å²) in [6.07, 6.45) is 2.82. The van der Waals surface area contributed by atoms with Crippen LogP contribution in [0.25, 0.3) is 0 Å². The van der Waals surface area contributed by atoms with Gasteiger partial charge in [-0.1, -0.05) is 6.92 Å². The van der Waals surface area contributed by atoms with E-state index in [9.17, 15) is 4.79 Å². The molecule has 0 spiro atoms. The average Bonchev–Trinajstić information content (AvgIpc) is 2.67. The summed E-state index contributed by atoms with van der Waals surface area (Å²) in [5, 5.41) is 0. The van der Waals surface area contributed by atoms with Crippen LogP contribution in [-0.4, -0.2) is 5.78 Å². The van der Waals surface area contributed by atoms with Crippen LogP contribution >= 0.6 is 0 Å². The van der Waals surface area contributed by atoms with Crippen molar-refractivity contribution in [2.75, 3.05) is 0 Å². The first-order chi connectivity index (χ1) is 6.70. The minimum absolute atomic E-state index is 0.123. The number of rotatable bonds is 1. The summed E-state index contributed by atoms with van der Waals surface area (Å²) >= 11 is 0. The number of carbonyl (C=O) groups excluding carboxylic acids is 1. The summed E-state index contributed by atoms with van der Waals surface area (Å²) in [7, 11) is 0. The van der Waals surface area contributed by atoms with E-state index in [2.05, 4.69) is 0 Å². The Morgan fingerprint density at radius 2 is 2.21 bits per heavy atom. The third-order valence-electron chi connectivity index (χ3n) is 2.47. The Morgan fingerprint density at radius 1 is 1.43 bits per heavy atom. The van der Waals surface area contributed by atoms with Crippen LogP contribution in [0.15, 0.2) is 34.6 Å². The molecule has 1 aliphatic rings. The fourth-order valence-corrected chi connectivity index (χ4v) is 1.61. The summed E-state index contributed by atoms with van der Waals surface area (Å²) in [5.41, 5.74) is 0.667. The van der Waals surface area contributed by atoms with Crippen molar-refractivity contribution in [2.24, 2.45) is 5.92 Å². The number of allylic oxidation sites excluding steroid dienone is 1. The van der Waals surface area contributed by atoms with Crippen molar-refractivity contribution in [3.8, 4) is 0 Å². The van der Waals surface area contributed by atoms with E-state index < -0.39 is 0 Å². The van der Waals surface area contributed by atoms with Crippen LogP contribution in [0.4, 0.5) is 0 Å². The molecular weight excluding hydrogens is 180 g/mol. The predicted molar refractivity (Wildman–Crippen MR) is 50.5 cm³/mol. The first kappa shape index (κ1) is 9.06. The van der Waals surface area contributed by atoms with Gasteiger partial charge in [-0.25, -0.2) is 0 Å². The molecule has 74 valence electrons. The highest BCUT2D eigenvalue weighted by molar-refractivity contribution is 5.97. The lowest BCUT2D eigenvalue weighted by Crippen LogP contribution is -2.25. The van der Waals surface area contributed by atoms with Crippen molar-refractivity contribution in [1.29, 1.82) is 0 Å². The zero-order valence-corrected chi connectivity index (χ0v) is 8.19. The van der Waals surface area contributed by atoms with E-state index in [1.165, 1.54) is 6.26 Å². The topological polar surface area (TPSA) is 39.4 Å². The van der Waals surface area contributed by atoms with Crippen LogP contribution in [0, 0.1) is 5.92 Å². The lowest BCUT2D eigenvalue weighted by molar-refractivity contribution is -0.125. The summed E-state index contributed by atoms with van der Waals surface area (Å²) in [4.78, 5) is 11.6. The smallest absolute Gasteiger partial charge is 0.168 e. The molecule has 0 aromatic carbocycles. The number of ketones is 1. The summed E-state index contributed by atoms with van der Waals surface area (Å²) in [5.74, 6) is 0.651. The van der Waals surface area contributed by atoms with E-state index in [4.69, 9.17) is 9.15 Å². The number of ether oxygens (including phenoxy) is 1. The second kappa shape index (κ2) is 3.33. The minimum Gasteiger partial charge on any atom is -0.489 e. The molecule has 0 bridgehead atoms. The number of hydrogen-bond acceptors (Lipinski definition) is 3. The molecule has 0 fully saturated rings. The molecule has 3 nitrogen and oxygen atoms in total. The van der Waals surface area contributed by atoms with Crippen molar-refractivity contribution >= 4 is 5.78 Å². The highest BCUT2D eigenvalue weighted by atomic mass is 16.5. The Kier molecular flexibility index (Phi) is 2.15. The molecule has 2 rings (SSSR count). The lowest BCUT2D eigenvalue weighted by Gasteiger charge is -2.25. The Bertz CT molecular complexity index is 362. The fourth-order valence-electron chi connectivity index (χ4n) is 1.61. The molecule has 0 unspecified atom stereocenters. The van der Waals surface area contributed by atoms with Gasteiger partial charge in [-0.05, 0) is 19.1 Å². The molecule has 3 heteroatoms. The van der Waals surface area contributed by atoms with Gasteiger partial charge in [0.2, 0.25) is 0 Å².